The van der Waals surface area contributed by atoms with Crippen molar-refractivity contribution in [3.8, 4) is 11.5 Å². The number of benzene rings is 2. The number of ether oxygens (including phenoxy) is 1. The molecule has 2 aromatic carbocycles. The molecular weight excluding hydrogens is 367 g/mol. The summed E-state index contributed by atoms with van der Waals surface area (Å²) in [5.74, 6) is 0.438. The number of aromatic hydroxyl groups is 1. The molecule has 3 nitrogen and oxygen atoms in total. The minimum atomic E-state index is -0.246. The van der Waals surface area contributed by atoms with E-state index >= 15 is 0 Å². The third-order valence-electron chi connectivity index (χ3n) is 2.78. The van der Waals surface area contributed by atoms with Crippen LogP contribution in [-0.4, -0.2) is 18.0 Å². The molecule has 20 heavy (non-hydrogen) atoms. The summed E-state index contributed by atoms with van der Waals surface area (Å²) in [7, 11) is 1.59. The number of para-hydroxylation sites is 1. The third-order valence-corrected chi connectivity index (χ3v) is 3.45. The Hall–Kier alpha value is -1.82. The molecule has 0 atom stereocenters. The highest BCUT2D eigenvalue weighted by Crippen LogP contribution is 2.23. The first-order valence-electron chi connectivity index (χ1n) is 5.96. The summed E-state index contributed by atoms with van der Waals surface area (Å²) < 4.78 is 6.30. The molecule has 0 fully saturated rings. The number of allylic oxidation sites excluding steroid dienone is 1. The van der Waals surface area contributed by atoms with Crippen LogP contribution in [0.1, 0.15) is 15.9 Å². The van der Waals surface area contributed by atoms with E-state index in [2.05, 4.69) is 22.6 Å². The Labute approximate surface area is 131 Å². The zero-order valence-electron chi connectivity index (χ0n) is 10.8. The van der Waals surface area contributed by atoms with Gasteiger partial charge in [0.15, 0.2) is 5.78 Å². The lowest BCUT2D eigenvalue weighted by molar-refractivity contribution is 0.104. The van der Waals surface area contributed by atoms with E-state index in [1.165, 1.54) is 12.1 Å². The van der Waals surface area contributed by atoms with Crippen LogP contribution >= 0.6 is 22.6 Å². The minimum Gasteiger partial charge on any atom is -0.507 e. The number of phenols is 1. The fourth-order valence-corrected chi connectivity index (χ4v) is 2.29. The average Bonchev–Trinajstić information content (AvgIpc) is 2.45. The van der Waals surface area contributed by atoms with Gasteiger partial charge in [-0.3, -0.25) is 4.79 Å². The number of phenolic OH excluding ortho intramolecular Hbond substituents is 1. The number of carbonyl (C=O) groups excluding carboxylic acids is 1. The van der Waals surface area contributed by atoms with E-state index in [0.717, 1.165) is 9.13 Å². The van der Waals surface area contributed by atoms with Crippen LogP contribution in [0.5, 0.6) is 11.5 Å². The van der Waals surface area contributed by atoms with Crippen LogP contribution in [0.15, 0.2) is 48.5 Å². The molecule has 2 aromatic rings. The summed E-state index contributed by atoms with van der Waals surface area (Å²) in [5, 5.41) is 9.64. The van der Waals surface area contributed by atoms with Gasteiger partial charge in [0.2, 0.25) is 0 Å². The molecule has 102 valence electrons. The Morgan fingerprint density at radius 3 is 2.70 bits per heavy atom. The van der Waals surface area contributed by atoms with Crippen molar-refractivity contribution in [2.75, 3.05) is 7.11 Å². The lowest BCUT2D eigenvalue weighted by Gasteiger charge is -2.05. The molecule has 2 rings (SSSR count). The first-order valence-corrected chi connectivity index (χ1v) is 7.03. The smallest absolute Gasteiger partial charge is 0.189 e. The van der Waals surface area contributed by atoms with E-state index in [1.807, 2.05) is 18.2 Å². The van der Waals surface area contributed by atoms with Gasteiger partial charge < -0.3 is 9.84 Å². The van der Waals surface area contributed by atoms with Gasteiger partial charge in [0.1, 0.15) is 11.5 Å². The summed E-state index contributed by atoms with van der Waals surface area (Å²) in [6.07, 6.45) is 3.12. The van der Waals surface area contributed by atoms with E-state index < -0.39 is 0 Å². The van der Waals surface area contributed by atoms with Crippen molar-refractivity contribution in [3.05, 3.63) is 63.2 Å². The topological polar surface area (TPSA) is 46.5 Å². The monoisotopic (exact) mass is 380 g/mol. The van der Waals surface area contributed by atoms with Gasteiger partial charge in [-0.25, -0.2) is 0 Å². The highest BCUT2D eigenvalue weighted by atomic mass is 127. The zero-order chi connectivity index (χ0) is 14.5. The minimum absolute atomic E-state index is 0.0169. The molecule has 0 aromatic heterocycles. The predicted molar refractivity (Wildman–Crippen MR) is 87.2 cm³/mol. The van der Waals surface area contributed by atoms with Gasteiger partial charge in [-0.05, 0) is 65.1 Å². The lowest BCUT2D eigenvalue weighted by atomic mass is 10.1. The van der Waals surface area contributed by atoms with Crippen molar-refractivity contribution in [1.82, 2.24) is 0 Å². The summed E-state index contributed by atoms with van der Waals surface area (Å²) in [4.78, 5) is 12.0. The molecule has 0 amide bonds. The van der Waals surface area contributed by atoms with Crippen LogP contribution in [0, 0.1) is 3.57 Å². The summed E-state index contributed by atoms with van der Waals surface area (Å²) >= 11 is 2.20. The molecule has 0 spiro atoms. The first-order chi connectivity index (χ1) is 9.61. The second-order valence-corrected chi connectivity index (χ2v) is 5.35. The van der Waals surface area contributed by atoms with Gasteiger partial charge in [-0.2, -0.15) is 0 Å². The number of hydrogen-bond acceptors (Lipinski definition) is 3. The maximum absolute atomic E-state index is 12.0. The van der Waals surface area contributed by atoms with E-state index in [4.69, 9.17) is 4.74 Å². The fourth-order valence-electron chi connectivity index (χ4n) is 1.77. The average molecular weight is 380 g/mol. The predicted octanol–water partition coefficient (Wildman–Crippen LogP) is 3.90. The Kier molecular flexibility index (Phi) is 4.79. The Morgan fingerprint density at radius 1 is 1.25 bits per heavy atom. The molecule has 0 saturated carbocycles. The quantitative estimate of drug-likeness (QED) is 0.497. The molecule has 0 bridgehead atoms. The standard InChI is InChI=1S/C16H13IO3/c1-20-16-9-7-12(17)10-11(16)6-8-15(19)13-4-2-3-5-14(13)18/h2-10,18H,1H3. The van der Waals surface area contributed by atoms with Crippen LogP contribution < -0.4 is 4.74 Å². The van der Waals surface area contributed by atoms with E-state index in [-0.39, 0.29) is 17.1 Å². The second-order valence-electron chi connectivity index (χ2n) is 4.10. The molecule has 0 heterocycles. The maximum Gasteiger partial charge on any atom is 0.189 e. The summed E-state index contributed by atoms with van der Waals surface area (Å²) in [5.41, 5.74) is 1.11. The van der Waals surface area contributed by atoms with Crippen LogP contribution in [0.3, 0.4) is 0 Å². The molecule has 0 radical (unpaired) electrons. The Morgan fingerprint density at radius 2 is 2.00 bits per heavy atom. The highest BCUT2D eigenvalue weighted by molar-refractivity contribution is 14.1. The van der Waals surface area contributed by atoms with Crippen molar-refractivity contribution in [2.24, 2.45) is 0 Å². The van der Waals surface area contributed by atoms with Gasteiger partial charge in [0.25, 0.3) is 0 Å². The molecule has 0 aliphatic rings. The molecule has 0 aliphatic heterocycles. The van der Waals surface area contributed by atoms with Crippen molar-refractivity contribution in [2.45, 2.75) is 0 Å². The van der Waals surface area contributed by atoms with Crippen molar-refractivity contribution < 1.29 is 14.6 Å². The second kappa shape index (κ2) is 6.56. The number of rotatable bonds is 4. The van der Waals surface area contributed by atoms with E-state index in [1.54, 1.807) is 31.4 Å². The largest absolute Gasteiger partial charge is 0.507 e. The Balaban J connectivity index is 2.28. The first kappa shape index (κ1) is 14.6. The van der Waals surface area contributed by atoms with E-state index in [0.29, 0.717) is 5.75 Å². The van der Waals surface area contributed by atoms with Crippen LogP contribution in [0.2, 0.25) is 0 Å². The molecule has 1 N–H and O–H groups in total. The number of ketones is 1. The number of hydrogen-bond donors (Lipinski definition) is 1. The van der Waals surface area contributed by atoms with E-state index in [9.17, 15) is 9.90 Å². The molecule has 0 saturated heterocycles. The highest BCUT2D eigenvalue weighted by Gasteiger charge is 2.07. The molecule has 0 aliphatic carbocycles. The summed E-state index contributed by atoms with van der Waals surface area (Å²) in [6, 6.07) is 12.2. The normalized spacial score (nSPS) is 10.7. The zero-order valence-corrected chi connectivity index (χ0v) is 13.0. The fraction of sp³-hybridized carbons (Fsp3) is 0.0625. The van der Waals surface area contributed by atoms with Gasteiger partial charge in [0.05, 0.1) is 12.7 Å². The van der Waals surface area contributed by atoms with Crippen LogP contribution in [0.25, 0.3) is 6.08 Å². The maximum atomic E-state index is 12.0. The van der Waals surface area contributed by atoms with Crippen molar-refractivity contribution >= 4 is 34.5 Å². The van der Waals surface area contributed by atoms with Gasteiger partial charge in [-0.1, -0.05) is 12.1 Å². The third kappa shape index (κ3) is 3.39. The lowest BCUT2D eigenvalue weighted by Crippen LogP contribution is -1.95. The van der Waals surface area contributed by atoms with Gasteiger partial charge >= 0.3 is 0 Å². The molecule has 4 heteroatoms. The van der Waals surface area contributed by atoms with Gasteiger partial charge in [0, 0.05) is 9.13 Å². The van der Waals surface area contributed by atoms with Crippen LogP contribution in [0.4, 0.5) is 0 Å². The van der Waals surface area contributed by atoms with Crippen LogP contribution in [-0.2, 0) is 0 Å². The Bertz CT molecular complexity index is 663. The molecular formula is C16H13IO3. The molecule has 0 unspecified atom stereocenters. The SMILES string of the molecule is COc1ccc(I)cc1C=CC(=O)c1ccccc1O. The van der Waals surface area contributed by atoms with Gasteiger partial charge in [-0.15, -0.1) is 0 Å². The van der Waals surface area contributed by atoms with Crippen molar-refractivity contribution in [3.63, 3.8) is 0 Å². The summed E-state index contributed by atoms with van der Waals surface area (Å²) in [6.45, 7) is 0. The number of carbonyl (C=O) groups is 1. The number of halogens is 1. The van der Waals surface area contributed by atoms with Crippen molar-refractivity contribution in [1.29, 1.82) is 0 Å². The number of methoxy groups -OCH3 is 1.